The minimum Gasteiger partial charge on any atom is -0.496 e. The number of carbonyl (C=O) groups excluding carboxylic acids is 1. The van der Waals surface area contributed by atoms with Gasteiger partial charge >= 0.3 is 0 Å². The Balaban J connectivity index is 3.28. The van der Waals surface area contributed by atoms with Crippen LogP contribution in [0.1, 0.15) is 5.56 Å². The van der Waals surface area contributed by atoms with Gasteiger partial charge in [0.25, 0.3) is 0 Å². The maximum Gasteiger partial charge on any atom is 0.152 e. The highest BCUT2D eigenvalue weighted by Gasteiger charge is 2.09. The summed E-state index contributed by atoms with van der Waals surface area (Å²) in [4.78, 5) is 12.7. The lowest BCUT2D eigenvalue weighted by Crippen LogP contribution is -2.04. The number of allylic oxidation sites excluding steroid dienone is 1. The third-order valence-electron chi connectivity index (χ3n) is 2.00. The monoisotopic (exact) mass is 223 g/mol. The molecule has 0 aliphatic heterocycles. The highest BCUT2D eigenvalue weighted by atomic mass is 19.1. The van der Waals surface area contributed by atoms with Crippen molar-refractivity contribution < 1.29 is 13.9 Å². The molecule has 1 aromatic carbocycles. The number of hydrogen-bond acceptors (Lipinski definition) is 3. The van der Waals surface area contributed by atoms with Crippen molar-refractivity contribution in [1.82, 2.24) is 4.90 Å². The van der Waals surface area contributed by atoms with E-state index in [0.717, 1.165) is 0 Å². The molecule has 1 aromatic rings. The van der Waals surface area contributed by atoms with E-state index in [-0.39, 0.29) is 0 Å². The van der Waals surface area contributed by atoms with Gasteiger partial charge in [0.1, 0.15) is 11.6 Å². The lowest BCUT2D eigenvalue weighted by atomic mass is 10.1. The smallest absolute Gasteiger partial charge is 0.152 e. The molecule has 16 heavy (non-hydrogen) atoms. The average Bonchev–Trinajstić information content (AvgIpc) is 2.25. The number of aldehydes is 1. The van der Waals surface area contributed by atoms with Crippen LogP contribution in [0.25, 0.3) is 5.57 Å². The molecular formula is C12H14FNO2. The molecule has 86 valence electrons. The van der Waals surface area contributed by atoms with E-state index in [0.29, 0.717) is 23.2 Å². The van der Waals surface area contributed by atoms with Gasteiger partial charge in [-0.15, -0.1) is 0 Å². The molecule has 0 saturated carbocycles. The predicted molar refractivity (Wildman–Crippen MR) is 60.7 cm³/mol. The third kappa shape index (κ3) is 2.82. The van der Waals surface area contributed by atoms with Crippen molar-refractivity contribution in [3.05, 3.63) is 35.8 Å². The van der Waals surface area contributed by atoms with E-state index < -0.39 is 5.82 Å². The fourth-order valence-corrected chi connectivity index (χ4v) is 1.35. The van der Waals surface area contributed by atoms with E-state index in [1.54, 1.807) is 25.2 Å². The molecular weight excluding hydrogens is 209 g/mol. The summed E-state index contributed by atoms with van der Waals surface area (Å²) in [5.74, 6) is 0.0731. The topological polar surface area (TPSA) is 29.5 Å². The fourth-order valence-electron chi connectivity index (χ4n) is 1.35. The van der Waals surface area contributed by atoms with Crippen LogP contribution in [0.4, 0.5) is 4.39 Å². The Bertz CT molecular complexity index is 413. The summed E-state index contributed by atoms with van der Waals surface area (Å²) < 4.78 is 18.2. The lowest BCUT2D eigenvalue weighted by Gasteiger charge is -2.11. The number of ether oxygens (including phenoxy) is 1. The first-order valence-electron chi connectivity index (χ1n) is 4.76. The number of nitrogens with zero attached hydrogens (tertiary/aromatic N) is 1. The van der Waals surface area contributed by atoms with Gasteiger partial charge < -0.3 is 9.64 Å². The van der Waals surface area contributed by atoms with Crippen LogP contribution in [0.15, 0.2) is 24.4 Å². The van der Waals surface area contributed by atoms with Crippen molar-refractivity contribution in [2.45, 2.75) is 0 Å². The average molecular weight is 223 g/mol. The summed E-state index contributed by atoms with van der Waals surface area (Å²) in [5, 5.41) is 0. The molecule has 0 unspecified atom stereocenters. The van der Waals surface area contributed by atoms with Crippen LogP contribution in [0, 0.1) is 5.82 Å². The van der Waals surface area contributed by atoms with Crippen LogP contribution >= 0.6 is 0 Å². The minimum atomic E-state index is -0.401. The van der Waals surface area contributed by atoms with Crippen molar-refractivity contribution in [2.75, 3.05) is 21.2 Å². The molecule has 0 bridgehead atoms. The molecule has 1 rings (SSSR count). The Morgan fingerprint density at radius 3 is 2.62 bits per heavy atom. The van der Waals surface area contributed by atoms with Gasteiger partial charge in [0, 0.05) is 31.4 Å². The number of methoxy groups -OCH3 is 1. The van der Waals surface area contributed by atoms with Crippen LogP contribution in [-0.4, -0.2) is 32.4 Å². The maximum atomic E-state index is 13.1. The van der Waals surface area contributed by atoms with Crippen LogP contribution in [0.2, 0.25) is 0 Å². The molecule has 0 aliphatic carbocycles. The molecule has 0 aliphatic rings. The van der Waals surface area contributed by atoms with Crippen LogP contribution in [0.5, 0.6) is 5.75 Å². The first-order chi connectivity index (χ1) is 7.58. The molecule has 3 nitrogen and oxygen atoms in total. The summed E-state index contributed by atoms with van der Waals surface area (Å²) in [6.07, 6.45) is 2.29. The standard InChI is InChI=1S/C12H14FNO2/c1-14(2)7-9(8-15)11-6-10(13)4-5-12(11)16-3/h4-8H,1-3H3/b9-7+. The second-order valence-corrected chi connectivity index (χ2v) is 3.51. The lowest BCUT2D eigenvalue weighted by molar-refractivity contribution is -0.103. The minimum absolute atomic E-state index is 0.376. The molecule has 0 amide bonds. The number of benzene rings is 1. The van der Waals surface area contributed by atoms with Crippen LogP contribution < -0.4 is 4.74 Å². The second-order valence-electron chi connectivity index (χ2n) is 3.51. The van der Waals surface area contributed by atoms with E-state index in [1.165, 1.54) is 25.3 Å². The Labute approximate surface area is 94.1 Å². The van der Waals surface area contributed by atoms with E-state index in [1.807, 2.05) is 0 Å². The van der Waals surface area contributed by atoms with E-state index in [4.69, 9.17) is 4.74 Å². The van der Waals surface area contributed by atoms with Gasteiger partial charge in [-0.1, -0.05) is 0 Å². The van der Waals surface area contributed by atoms with E-state index in [2.05, 4.69) is 0 Å². The predicted octanol–water partition coefficient (Wildman–Crippen LogP) is 1.94. The summed E-state index contributed by atoms with van der Waals surface area (Å²) >= 11 is 0. The van der Waals surface area contributed by atoms with Crippen molar-refractivity contribution in [1.29, 1.82) is 0 Å². The van der Waals surface area contributed by atoms with E-state index >= 15 is 0 Å². The third-order valence-corrected chi connectivity index (χ3v) is 2.00. The van der Waals surface area contributed by atoms with Gasteiger partial charge in [0.15, 0.2) is 6.29 Å². The largest absolute Gasteiger partial charge is 0.496 e. The van der Waals surface area contributed by atoms with Crippen molar-refractivity contribution in [3.8, 4) is 5.75 Å². The second kappa shape index (κ2) is 5.30. The summed E-state index contributed by atoms with van der Waals surface area (Å²) in [6.45, 7) is 0. The van der Waals surface area contributed by atoms with Gasteiger partial charge in [0.2, 0.25) is 0 Å². The van der Waals surface area contributed by atoms with Gasteiger partial charge in [-0.2, -0.15) is 0 Å². The quantitative estimate of drug-likeness (QED) is 0.577. The van der Waals surface area contributed by atoms with Crippen molar-refractivity contribution >= 4 is 11.9 Å². The zero-order valence-corrected chi connectivity index (χ0v) is 9.53. The molecule has 0 spiro atoms. The molecule has 4 heteroatoms. The maximum absolute atomic E-state index is 13.1. The van der Waals surface area contributed by atoms with Gasteiger partial charge in [0.05, 0.1) is 7.11 Å². The number of carbonyl (C=O) groups is 1. The first-order valence-corrected chi connectivity index (χ1v) is 4.76. The Hall–Kier alpha value is -1.84. The summed E-state index contributed by atoms with van der Waals surface area (Å²) in [6, 6.07) is 4.07. The van der Waals surface area contributed by atoms with Crippen molar-refractivity contribution in [3.63, 3.8) is 0 Å². The zero-order valence-electron chi connectivity index (χ0n) is 9.53. The number of rotatable bonds is 4. The molecule has 0 radical (unpaired) electrons. The first kappa shape index (κ1) is 12.2. The highest BCUT2D eigenvalue weighted by Crippen LogP contribution is 2.25. The van der Waals surface area contributed by atoms with Gasteiger partial charge in [-0.25, -0.2) is 4.39 Å². The Kier molecular flexibility index (Phi) is 4.05. The Morgan fingerprint density at radius 2 is 2.12 bits per heavy atom. The fraction of sp³-hybridized carbons (Fsp3) is 0.250. The SMILES string of the molecule is COc1ccc(F)cc1/C(C=O)=C/N(C)C. The van der Waals surface area contributed by atoms with Crippen LogP contribution in [-0.2, 0) is 4.79 Å². The molecule has 0 fully saturated rings. The highest BCUT2D eigenvalue weighted by molar-refractivity contribution is 6.07. The molecule has 0 heterocycles. The number of hydrogen-bond donors (Lipinski definition) is 0. The molecule has 0 atom stereocenters. The molecule has 0 aromatic heterocycles. The van der Waals surface area contributed by atoms with Crippen LogP contribution in [0.3, 0.4) is 0 Å². The van der Waals surface area contributed by atoms with E-state index in [9.17, 15) is 9.18 Å². The number of halogens is 1. The zero-order chi connectivity index (χ0) is 12.1. The van der Waals surface area contributed by atoms with Gasteiger partial charge in [-0.05, 0) is 18.2 Å². The molecule has 0 N–H and O–H groups in total. The van der Waals surface area contributed by atoms with Crippen molar-refractivity contribution in [2.24, 2.45) is 0 Å². The molecule has 0 saturated heterocycles. The summed E-state index contributed by atoms with van der Waals surface area (Å²) in [7, 11) is 5.05. The van der Waals surface area contributed by atoms with Gasteiger partial charge in [-0.3, -0.25) is 4.79 Å². The summed E-state index contributed by atoms with van der Waals surface area (Å²) in [5.41, 5.74) is 0.826. The Morgan fingerprint density at radius 1 is 1.44 bits per heavy atom. The normalized spacial score (nSPS) is 11.1.